The van der Waals surface area contributed by atoms with Crippen LogP contribution in [0.3, 0.4) is 0 Å². The van der Waals surface area contributed by atoms with Gasteiger partial charge in [0.1, 0.15) is 11.6 Å². The molecule has 0 atom stereocenters. The summed E-state index contributed by atoms with van der Waals surface area (Å²) >= 11 is 0. The predicted octanol–water partition coefficient (Wildman–Crippen LogP) is 14.3. The van der Waals surface area contributed by atoms with E-state index in [2.05, 4.69) is 26.8 Å². The van der Waals surface area contributed by atoms with E-state index in [-0.39, 0.29) is 34.4 Å². The minimum atomic E-state index is -2.62. The van der Waals surface area contributed by atoms with Crippen molar-refractivity contribution in [3.63, 3.8) is 0 Å². The molecule has 0 unspecified atom stereocenters. The summed E-state index contributed by atoms with van der Waals surface area (Å²) in [7, 11) is 0. The zero-order valence-electron chi connectivity index (χ0n) is 43.3. The summed E-state index contributed by atoms with van der Waals surface area (Å²) in [5.41, 5.74) is 8.38. The highest BCUT2D eigenvalue weighted by atomic mass is 16.3. The average Bonchev–Trinajstić information content (AvgIpc) is 3.66. The number of aromatic nitrogens is 3. The van der Waals surface area contributed by atoms with Crippen molar-refractivity contribution < 1.29 is 18.8 Å². The quantitative estimate of drug-likeness (QED) is 0.168. The Morgan fingerprint density at radius 1 is 0.667 bits per heavy atom. The first-order valence-electron chi connectivity index (χ1n) is 24.0. The second-order valence-corrected chi connectivity index (χ2v) is 16.0. The number of imidazole rings is 1. The Kier molecular flexibility index (Phi) is 7.20. The molecule has 0 saturated carbocycles. The van der Waals surface area contributed by atoms with Gasteiger partial charge < -0.3 is 5.11 Å². The van der Waals surface area contributed by atoms with E-state index in [4.69, 9.17) is 23.7 Å². The third kappa shape index (κ3) is 7.40. The van der Waals surface area contributed by atoms with Crippen LogP contribution in [0.25, 0.3) is 72.7 Å². The SMILES string of the molecule is [2H]c1c([2H])c([2H])c(-c2ccnc(-c3cc(-c4cccc5c4nc(-c4ccccc4O)n5-c4ccc(-c5cc(C([2H])(C)C)cc(C([2H])(C)C)c5)cc4C([2H])([2H])[2H])cc(C(C)(C)C)c3)c2)c([2H])c1[2H]. The highest BCUT2D eigenvalue weighted by Gasteiger charge is 2.23. The van der Waals surface area contributed by atoms with Gasteiger partial charge in [-0.2, -0.15) is 0 Å². The number of aromatic hydroxyl groups is 1. The Bertz CT molecular complexity index is 3200. The molecule has 4 heteroatoms. The van der Waals surface area contributed by atoms with E-state index in [1.54, 1.807) is 87.0 Å². The Morgan fingerprint density at radius 3 is 2.07 bits per heavy atom. The van der Waals surface area contributed by atoms with Gasteiger partial charge in [0.25, 0.3) is 0 Å². The molecule has 4 nitrogen and oxygen atoms in total. The number of pyridine rings is 1. The molecule has 2 aromatic heterocycles. The minimum absolute atomic E-state index is 0.0377. The number of para-hydroxylation sites is 2. The van der Waals surface area contributed by atoms with E-state index in [0.29, 0.717) is 67.2 Å². The van der Waals surface area contributed by atoms with Gasteiger partial charge in [0, 0.05) is 24.2 Å². The van der Waals surface area contributed by atoms with Gasteiger partial charge in [0.15, 0.2) is 0 Å². The summed E-state index contributed by atoms with van der Waals surface area (Å²) in [6.07, 6.45) is 1.56. The molecule has 0 fully saturated rings. The molecule has 0 amide bonds. The molecule has 6 aromatic carbocycles. The molecule has 0 saturated heterocycles. The van der Waals surface area contributed by atoms with E-state index < -0.39 is 36.8 Å². The minimum Gasteiger partial charge on any atom is -0.507 e. The molecule has 2 heterocycles. The van der Waals surface area contributed by atoms with Crippen LogP contribution in [0, 0.1) is 6.85 Å². The lowest BCUT2D eigenvalue weighted by molar-refractivity contribution is 0.477. The summed E-state index contributed by atoms with van der Waals surface area (Å²) in [5.74, 6) is -1.69. The van der Waals surface area contributed by atoms with Crippen molar-refractivity contribution in [1.82, 2.24) is 14.5 Å². The molecule has 0 aliphatic carbocycles. The van der Waals surface area contributed by atoms with E-state index >= 15 is 0 Å². The summed E-state index contributed by atoms with van der Waals surface area (Å²) in [6, 6.07) is 30.9. The number of rotatable bonds is 8. The Labute approximate surface area is 351 Å². The van der Waals surface area contributed by atoms with Crippen molar-refractivity contribution in [3.8, 4) is 67.5 Å². The van der Waals surface area contributed by atoms with Crippen molar-refractivity contribution in [2.75, 3.05) is 0 Å². The molecule has 0 aliphatic heterocycles. The van der Waals surface area contributed by atoms with Gasteiger partial charge in [-0.1, -0.05) is 133 Å². The second-order valence-electron chi connectivity index (χ2n) is 16.0. The number of fused-ring (bicyclic) bond motifs is 1. The number of nitrogens with zero attached hydrogens (tertiary/aromatic N) is 3. The van der Waals surface area contributed by atoms with Crippen LogP contribution in [-0.2, 0) is 5.41 Å². The van der Waals surface area contributed by atoms with Crippen molar-refractivity contribution in [2.45, 2.75) is 72.5 Å². The summed E-state index contributed by atoms with van der Waals surface area (Å²) in [4.78, 5) is 9.94. The number of benzene rings is 6. The molecule has 8 rings (SSSR count). The molecular formula is C53H51N3O. The Hall–Kier alpha value is -6.26. The molecule has 0 radical (unpaired) electrons. The van der Waals surface area contributed by atoms with Crippen LogP contribution in [0.2, 0.25) is 0 Å². The van der Waals surface area contributed by atoms with Crippen LogP contribution in [0.5, 0.6) is 5.75 Å². The average molecular weight is 756 g/mol. The fraction of sp³-hybridized carbons (Fsp3) is 0.208. The van der Waals surface area contributed by atoms with Crippen LogP contribution >= 0.6 is 0 Å². The molecule has 8 aromatic rings. The van der Waals surface area contributed by atoms with Gasteiger partial charge in [-0.05, 0) is 129 Å². The van der Waals surface area contributed by atoms with Gasteiger partial charge in [-0.15, -0.1) is 0 Å². The number of hydrogen-bond acceptors (Lipinski definition) is 3. The normalized spacial score (nSPS) is 15.0. The Morgan fingerprint density at radius 2 is 1.37 bits per heavy atom. The topological polar surface area (TPSA) is 50.9 Å². The smallest absolute Gasteiger partial charge is 0.149 e. The van der Waals surface area contributed by atoms with Crippen LogP contribution in [0.4, 0.5) is 0 Å². The molecule has 0 aliphatic rings. The molecule has 284 valence electrons. The largest absolute Gasteiger partial charge is 0.507 e. The van der Waals surface area contributed by atoms with Crippen LogP contribution in [0.15, 0.2) is 146 Å². The van der Waals surface area contributed by atoms with E-state index in [0.717, 1.165) is 16.7 Å². The zero-order chi connectivity index (χ0) is 48.7. The first kappa shape index (κ1) is 27.4. The molecule has 0 bridgehead atoms. The predicted molar refractivity (Wildman–Crippen MR) is 239 cm³/mol. The lowest BCUT2D eigenvalue weighted by Crippen LogP contribution is -2.11. The Balaban J connectivity index is 1.37. The van der Waals surface area contributed by atoms with Crippen LogP contribution < -0.4 is 0 Å². The van der Waals surface area contributed by atoms with Gasteiger partial charge in [0.2, 0.25) is 0 Å². The molecule has 1 N–H and O–H groups in total. The van der Waals surface area contributed by atoms with Crippen molar-refractivity contribution >= 4 is 11.0 Å². The van der Waals surface area contributed by atoms with Gasteiger partial charge in [-0.3, -0.25) is 9.55 Å². The second kappa shape index (κ2) is 15.0. The monoisotopic (exact) mass is 755 g/mol. The van der Waals surface area contributed by atoms with Crippen LogP contribution in [-0.4, -0.2) is 19.6 Å². The summed E-state index contributed by atoms with van der Waals surface area (Å²) in [5, 5.41) is 11.4. The first-order valence-corrected chi connectivity index (χ1v) is 19.0. The van der Waals surface area contributed by atoms with E-state index in [9.17, 15) is 5.11 Å². The van der Waals surface area contributed by atoms with Gasteiger partial charge in [0.05, 0.1) is 34.8 Å². The molecular weight excluding hydrogens is 695 g/mol. The van der Waals surface area contributed by atoms with E-state index in [1.807, 2.05) is 54.6 Å². The lowest BCUT2D eigenvalue weighted by atomic mass is 9.83. The highest BCUT2D eigenvalue weighted by molar-refractivity contribution is 5.97. The van der Waals surface area contributed by atoms with E-state index in [1.165, 1.54) is 0 Å². The zero-order valence-corrected chi connectivity index (χ0v) is 33.3. The number of phenolic OH excluding ortho intramolecular Hbond substituents is 1. The van der Waals surface area contributed by atoms with Gasteiger partial charge >= 0.3 is 0 Å². The number of phenols is 1. The van der Waals surface area contributed by atoms with Gasteiger partial charge in [-0.25, -0.2) is 4.98 Å². The number of hydrogen-bond donors (Lipinski definition) is 1. The van der Waals surface area contributed by atoms with Crippen molar-refractivity contribution in [2.24, 2.45) is 0 Å². The fourth-order valence-electron chi connectivity index (χ4n) is 7.20. The third-order valence-corrected chi connectivity index (χ3v) is 10.4. The first-order chi connectivity index (χ1) is 31.2. The fourth-order valence-corrected chi connectivity index (χ4v) is 7.20. The molecule has 0 spiro atoms. The molecule has 57 heavy (non-hydrogen) atoms. The summed E-state index contributed by atoms with van der Waals surface area (Å²) in [6.45, 7) is 10.8. The number of aryl methyl sites for hydroxylation is 1. The summed E-state index contributed by atoms with van der Waals surface area (Å²) < 4.78 is 88.1. The van der Waals surface area contributed by atoms with Crippen molar-refractivity contribution in [3.05, 3.63) is 168 Å². The standard InChI is InChI=1S/C53H51N3O/c1-33(2)39-26-40(34(3)4)28-41(27-39)37-21-22-48(35(5)25-37)56-49-19-14-18-45(51(49)55-52(56)46-17-12-13-20-50(46)57)42-29-43(31-44(30-42)53(6,7)8)47-32-38(23-24-54-47)36-15-10-9-11-16-36/h9-34,57H,1-8H3/i5D3,9D,10D,11D,15D,16D,33D,34D. The maximum atomic E-state index is 11.4. The van der Waals surface area contributed by atoms with Crippen LogP contribution in [0.1, 0.15) is 96.2 Å². The maximum Gasteiger partial charge on any atom is 0.149 e. The third-order valence-electron chi connectivity index (χ3n) is 10.4. The highest BCUT2D eigenvalue weighted by Crippen LogP contribution is 2.41. The lowest BCUT2D eigenvalue weighted by Gasteiger charge is -2.22. The van der Waals surface area contributed by atoms with Crippen molar-refractivity contribution in [1.29, 1.82) is 0 Å². The maximum absolute atomic E-state index is 11.4.